The number of hydrogen-bond donors (Lipinski definition) is 2. The van der Waals surface area contributed by atoms with E-state index in [1.807, 2.05) is 4.90 Å². The fraction of sp³-hybridized carbons (Fsp3) is 0.900. The lowest BCUT2D eigenvalue weighted by Gasteiger charge is -2.32. The van der Waals surface area contributed by atoms with Crippen molar-refractivity contribution in [2.24, 2.45) is 0 Å². The Labute approximate surface area is 85.0 Å². The third-order valence-corrected chi connectivity index (χ3v) is 2.97. The molecule has 0 aliphatic carbocycles. The average Bonchev–Trinajstić information content (AvgIpc) is 2.45. The first-order valence-corrected chi connectivity index (χ1v) is 5.50. The molecule has 0 spiro atoms. The molecular formula is C10H19N3O. The van der Waals surface area contributed by atoms with Gasteiger partial charge < -0.3 is 15.5 Å². The SMILES string of the molecule is CC(CN1CCCC1=O)NC1CNC1. The summed E-state index contributed by atoms with van der Waals surface area (Å²) in [6.07, 6.45) is 1.79. The molecule has 0 aromatic rings. The van der Waals surface area contributed by atoms with E-state index in [1.54, 1.807) is 0 Å². The van der Waals surface area contributed by atoms with Gasteiger partial charge >= 0.3 is 0 Å². The summed E-state index contributed by atoms with van der Waals surface area (Å²) in [6.45, 7) is 6.11. The molecule has 4 nitrogen and oxygen atoms in total. The van der Waals surface area contributed by atoms with E-state index in [4.69, 9.17) is 0 Å². The Hall–Kier alpha value is -0.610. The molecule has 2 aliphatic rings. The number of nitrogens with zero attached hydrogens (tertiary/aromatic N) is 1. The fourth-order valence-corrected chi connectivity index (χ4v) is 2.09. The van der Waals surface area contributed by atoms with Crippen LogP contribution in [-0.2, 0) is 4.79 Å². The zero-order valence-electron chi connectivity index (χ0n) is 8.75. The molecule has 80 valence electrons. The maximum absolute atomic E-state index is 11.4. The van der Waals surface area contributed by atoms with Gasteiger partial charge in [0.05, 0.1) is 0 Å². The molecule has 0 aromatic carbocycles. The molecule has 2 N–H and O–H groups in total. The van der Waals surface area contributed by atoms with Gasteiger partial charge in [-0.15, -0.1) is 0 Å². The number of amides is 1. The third kappa shape index (κ3) is 2.25. The Morgan fingerprint density at radius 3 is 2.93 bits per heavy atom. The molecule has 14 heavy (non-hydrogen) atoms. The van der Waals surface area contributed by atoms with Crippen LogP contribution < -0.4 is 10.6 Å². The van der Waals surface area contributed by atoms with E-state index in [1.165, 1.54) is 0 Å². The lowest BCUT2D eigenvalue weighted by molar-refractivity contribution is -0.128. The van der Waals surface area contributed by atoms with Crippen LogP contribution in [0.4, 0.5) is 0 Å². The fourth-order valence-electron chi connectivity index (χ4n) is 2.09. The highest BCUT2D eigenvalue weighted by Gasteiger charge is 2.24. The molecule has 0 radical (unpaired) electrons. The van der Waals surface area contributed by atoms with E-state index in [2.05, 4.69) is 17.6 Å². The lowest BCUT2D eigenvalue weighted by Crippen LogP contribution is -2.59. The van der Waals surface area contributed by atoms with Gasteiger partial charge in [-0.05, 0) is 13.3 Å². The van der Waals surface area contributed by atoms with E-state index < -0.39 is 0 Å². The molecule has 4 heteroatoms. The van der Waals surface area contributed by atoms with Gasteiger partial charge in [0.2, 0.25) is 5.91 Å². The Morgan fingerprint density at radius 1 is 1.64 bits per heavy atom. The summed E-state index contributed by atoms with van der Waals surface area (Å²) in [7, 11) is 0. The molecule has 0 saturated carbocycles. The van der Waals surface area contributed by atoms with Crippen LogP contribution in [-0.4, -0.2) is 49.1 Å². The van der Waals surface area contributed by atoms with Crippen LogP contribution in [0.5, 0.6) is 0 Å². The molecule has 1 amide bonds. The molecule has 0 bridgehead atoms. The monoisotopic (exact) mass is 197 g/mol. The van der Waals surface area contributed by atoms with Crippen molar-refractivity contribution in [3.8, 4) is 0 Å². The highest BCUT2D eigenvalue weighted by Crippen LogP contribution is 2.10. The van der Waals surface area contributed by atoms with Crippen LogP contribution in [0.1, 0.15) is 19.8 Å². The minimum atomic E-state index is 0.324. The highest BCUT2D eigenvalue weighted by atomic mass is 16.2. The summed E-state index contributed by atoms with van der Waals surface area (Å²) < 4.78 is 0. The molecule has 2 heterocycles. The molecule has 2 saturated heterocycles. The maximum Gasteiger partial charge on any atom is 0.222 e. The molecule has 2 aliphatic heterocycles. The smallest absolute Gasteiger partial charge is 0.222 e. The topological polar surface area (TPSA) is 44.4 Å². The predicted molar refractivity (Wildman–Crippen MR) is 55.1 cm³/mol. The Morgan fingerprint density at radius 2 is 2.43 bits per heavy atom. The van der Waals surface area contributed by atoms with Crippen molar-refractivity contribution in [1.29, 1.82) is 0 Å². The van der Waals surface area contributed by atoms with Crippen LogP contribution in [0.25, 0.3) is 0 Å². The van der Waals surface area contributed by atoms with E-state index in [0.29, 0.717) is 18.0 Å². The lowest BCUT2D eigenvalue weighted by atomic mass is 10.1. The number of nitrogens with one attached hydrogen (secondary N) is 2. The predicted octanol–water partition coefficient (Wildman–Crippen LogP) is -0.441. The molecule has 2 rings (SSSR count). The summed E-state index contributed by atoms with van der Waals surface area (Å²) in [6, 6.07) is 1.03. The van der Waals surface area contributed by atoms with Crippen molar-refractivity contribution in [1.82, 2.24) is 15.5 Å². The number of rotatable bonds is 4. The van der Waals surface area contributed by atoms with Crippen molar-refractivity contribution in [2.45, 2.75) is 31.8 Å². The quantitative estimate of drug-likeness (QED) is 0.642. The molecule has 1 atom stereocenters. The van der Waals surface area contributed by atoms with Crippen molar-refractivity contribution in [2.75, 3.05) is 26.2 Å². The zero-order chi connectivity index (χ0) is 9.97. The van der Waals surface area contributed by atoms with Crippen molar-refractivity contribution in [3.05, 3.63) is 0 Å². The largest absolute Gasteiger partial charge is 0.341 e. The number of hydrogen-bond acceptors (Lipinski definition) is 3. The van der Waals surface area contributed by atoms with Crippen LogP contribution in [0.2, 0.25) is 0 Å². The van der Waals surface area contributed by atoms with Crippen LogP contribution in [0.15, 0.2) is 0 Å². The normalized spacial score (nSPS) is 25.2. The first-order chi connectivity index (χ1) is 6.75. The summed E-state index contributed by atoms with van der Waals surface area (Å²) in [5.74, 6) is 0.324. The van der Waals surface area contributed by atoms with E-state index >= 15 is 0 Å². The van der Waals surface area contributed by atoms with Crippen molar-refractivity contribution >= 4 is 5.91 Å². The van der Waals surface area contributed by atoms with Gasteiger partial charge in [0, 0.05) is 44.7 Å². The van der Waals surface area contributed by atoms with E-state index in [0.717, 1.165) is 39.0 Å². The van der Waals surface area contributed by atoms with Crippen LogP contribution in [0, 0.1) is 0 Å². The first kappa shape index (κ1) is 9.93. The second kappa shape index (κ2) is 4.28. The third-order valence-electron chi connectivity index (χ3n) is 2.97. The van der Waals surface area contributed by atoms with Crippen molar-refractivity contribution < 1.29 is 4.79 Å². The Kier molecular flexibility index (Phi) is 3.03. The minimum Gasteiger partial charge on any atom is -0.341 e. The van der Waals surface area contributed by atoms with Gasteiger partial charge in [0.15, 0.2) is 0 Å². The summed E-state index contributed by atoms with van der Waals surface area (Å²) >= 11 is 0. The molecule has 0 aromatic heterocycles. The van der Waals surface area contributed by atoms with Gasteiger partial charge in [0.1, 0.15) is 0 Å². The number of likely N-dealkylation sites (tertiary alicyclic amines) is 1. The van der Waals surface area contributed by atoms with E-state index in [-0.39, 0.29) is 0 Å². The summed E-state index contributed by atoms with van der Waals surface area (Å²) in [5.41, 5.74) is 0. The van der Waals surface area contributed by atoms with Gasteiger partial charge in [-0.1, -0.05) is 0 Å². The molecule has 2 fully saturated rings. The first-order valence-electron chi connectivity index (χ1n) is 5.50. The summed E-state index contributed by atoms with van der Waals surface area (Å²) in [4.78, 5) is 13.3. The second-order valence-electron chi connectivity index (χ2n) is 4.37. The number of carbonyl (C=O) groups is 1. The van der Waals surface area contributed by atoms with Gasteiger partial charge in [-0.3, -0.25) is 4.79 Å². The Bertz CT molecular complexity index is 215. The Balaban J connectivity index is 1.70. The second-order valence-corrected chi connectivity index (χ2v) is 4.37. The number of carbonyl (C=O) groups excluding carboxylic acids is 1. The van der Waals surface area contributed by atoms with Crippen molar-refractivity contribution in [3.63, 3.8) is 0 Å². The molecule has 1 unspecified atom stereocenters. The van der Waals surface area contributed by atoms with Gasteiger partial charge in [-0.2, -0.15) is 0 Å². The zero-order valence-corrected chi connectivity index (χ0v) is 8.75. The average molecular weight is 197 g/mol. The van der Waals surface area contributed by atoms with E-state index in [9.17, 15) is 4.79 Å². The van der Waals surface area contributed by atoms with Gasteiger partial charge in [-0.25, -0.2) is 0 Å². The maximum atomic E-state index is 11.4. The minimum absolute atomic E-state index is 0.324. The van der Waals surface area contributed by atoms with Gasteiger partial charge in [0.25, 0.3) is 0 Å². The highest BCUT2D eigenvalue weighted by molar-refractivity contribution is 5.78. The van der Waals surface area contributed by atoms with Crippen LogP contribution >= 0.6 is 0 Å². The van der Waals surface area contributed by atoms with Crippen LogP contribution in [0.3, 0.4) is 0 Å². The standard InChI is InChI=1S/C10H19N3O/c1-8(12-9-5-11-6-9)7-13-4-2-3-10(13)14/h8-9,11-12H,2-7H2,1H3. The molecular weight excluding hydrogens is 178 g/mol. The summed E-state index contributed by atoms with van der Waals surface area (Å²) in [5, 5.41) is 6.73.